The fraction of sp³-hybridized carbons (Fsp3) is 0.440. The van der Waals surface area contributed by atoms with E-state index in [9.17, 15) is 19.2 Å². The van der Waals surface area contributed by atoms with Gasteiger partial charge in [-0.25, -0.2) is 9.59 Å². The zero-order chi connectivity index (χ0) is 39.0. The van der Waals surface area contributed by atoms with Crippen LogP contribution in [0.5, 0.6) is 11.5 Å². The van der Waals surface area contributed by atoms with Gasteiger partial charge in [-0.05, 0) is 123 Å². The molecule has 292 valence electrons. The Morgan fingerprint density at radius 3 is 1.23 bits per heavy atom. The van der Waals surface area contributed by atoms with E-state index in [4.69, 9.17) is 9.47 Å². The van der Waals surface area contributed by atoms with Crippen LogP contribution in [0.1, 0.15) is 192 Å². The van der Waals surface area contributed by atoms with Gasteiger partial charge in [0.15, 0.2) is 11.6 Å². The van der Waals surface area contributed by atoms with Gasteiger partial charge in [-0.1, -0.05) is 114 Å². The second-order valence-electron chi connectivity index (χ2n) is 16.5. The first-order valence-corrected chi connectivity index (χ1v) is 21.3. The van der Waals surface area contributed by atoms with Crippen molar-refractivity contribution in [2.75, 3.05) is 0 Å². The monoisotopic (exact) mass is 752 g/mol. The summed E-state index contributed by atoms with van der Waals surface area (Å²) in [6.07, 6.45) is 20.0. The average Bonchev–Trinajstić information content (AvgIpc) is 3.24. The summed E-state index contributed by atoms with van der Waals surface area (Å²) < 4.78 is 11.7. The Labute approximate surface area is 332 Å². The van der Waals surface area contributed by atoms with Gasteiger partial charge in [0.25, 0.3) is 0 Å². The molecule has 0 radical (unpaired) electrons. The van der Waals surface area contributed by atoms with Crippen molar-refractivity contribution in [3.8, 4) is 11.5 Å². The number of carbonyl (C=O) groups is 4. The van der Waals surface area contributed by atoms with E-state index in [0.29, 0.717) is 23.0 Å². The number of carbonyl (C=O) groups excluding carboxylic acids is 4. The van der Waals surface area contributed by atoms with E-state index in [1.54, 1.807) is 48.5 Å². The van der Waals surface area contributed by atoms with Gasteiger partial charge in [-0.3, -0.25) is 9.59 Å². The molecule has 0 atom stereocenters. The number of fused-ring (bicyclic) bond motifs is 2. The first kappa shape index (κ1) is 39.4. The lowest BCUT2D eigenvalue weighted by molar-refractivity contribution is 0.0713. The van der Waals surface area contributed by atoms with Gasteiger partial charge < -0.3 is 9.47 Å². The second kappa shape index (κ2) is 18.4. The molecule has 7 rings (SSSR count). The van der Waals surface area contributed by atoms with Crippen LogP contribution >= 0.6 is 0 Å². The standard InChI is InChI=1S/C50H56O6/c1-3-5-7-11-33-15-19-35(20-16-33)37-23-27-39(28-24-37)49(53)55-43-31-32-44(46-45(43)47(51)41-13-9-10-14-42(41)48(46)52)56-50(54)40-29-25-38(26-30-40)36-21-17-34(18-22-36)12-8-6-4-2/h9-10,13-14,23-36H,3-8,11-12,15-22H2,1-2H3. The van der Waals surface area contributed by atoms with Crippen LogP contribution in [0, 0.1) is 11.8 Å². The van der Waals surface area contributed by atoms with E-state index in [2.05, 4.69) is 13.8 Å². The largest absolute Gasteiger partial charge is 0.422 e. The first-order chi connectivity index (χ1) is 27.3. The molecule has 3 aliphatic carbocycles. The predicted molar refractivity (Wildman–Crippen MR) is 220 cm³/mol. The lowest BCUT2D eigenvalue weighted by Gasteiger charge is -2.29. The number of unbranched alkanes of at least 4 members (excludes halogenated alkanes) is 4. The number of esters is 2. The van der Waals surface area contributed by atoms with Crippen molar-refractivity contribution in [1.29, 1.82) is 0 Å². The third kappa shape index (κ3) is 8.90. The zero-order valence-corrected chi connectivity index (χ0v) is 33.2. The zero-order valence-electron chi connectivity index (χ0n) is 33.2. The van der Waals surface area contributed by atoms with Crippen molar-refractivity contribution in [3.05, 3.63) is 129 Å². The highest BCUT2D eigenvalue weighted by Gasteiger charge is 2.36. The minimum atomic E-state index is -0.632. The number of ketones is 2. The summed E-state index contributed by atoms with van der Waals surface area (Å²) in [4.78, 5) is 55.1. The number of hydrogen-bond donors (Lipinski definition) is 0. The quantitative estimate of drug-likeness (QED) is 0.0638. The molecule has 6 nitrogen and oxygen atoms in total. The fourth-order valence-electron chi connectivity index (χ4n) is 9.37. The molecule has 3 aliphatic rings. The van der Waals surface area contributed by atoms with Crippen LogP contribution in [-0.2, 0) is 0 Å². The number of rotatable bonds is 14. The van der Waals surface area contributed by atoms with Crippen LogP contribution < -0.4 is 9.47 Å². The van der Waals surface area contributed by atoms with Gasteiger partial charge in [0.05, 0.1) is 22.3 Å². The van der Waals surface area contributed by atoms with Crippen molar-refractivity contribution in [3.63, 3.8) is 0 Å². The molecule has 2 fully saturated rings. The van der Waals surface area contributed by atoms with Gasteiger partial charge >= 0.3 is 11.9 Å². The molecule has 4 aromatic rings. The molecular formula is C50H56O6. The molecule has 2 saturated carbocycles. The van der Waals surface area contributed by atoms with Gasteiger partial charge in [0.2, 0.25) is 0 Å². The highest BCUT2D eigenvalue weighted by molar-refractivity contribution is 6.30. The highest BCUT2D eigenvalue weighted by atomic mass is 16.5. The summed E-state index contributed by atoms with van der Waals surface area (Å²) >= 11 is 0. The molecule has 56 heavy (non-hydrogen) atoms. The van der Waals surface area contributed by atoms with E-state index in [1.165, 1.54) is 100 Å². The Morgan fingerprint density at radius 2 is 0.875 bits per heavy atom. The topological polar surface area (TPSA) is 86.7 Å². The first-order valence-electron chi connectivity index (χ1n) is 21.3. The van der Waals surface area contributed by atoms with E-state index < -0.39 is 23.5 Å². The number of ether oxygens (including phenoxy) is 2. The van der Waals surface area contributed by atoms with Crippen molar-refractivity contribution in [2.45, 2.75) is 128 Å². The molecule has 4 aromatic carbocycles. The molecule has 0 amide bonds. The number of benzene rings is 4. The third-order valence-corrected chi connectivity index (χ3v) is 12.8. The maximum atomic E-state index is 14.0. The SMILES string of the molecule is CCCCCC1CCC(c2ccc(C(=O)Oc3ccc(OC(=O)c4ccc(C5CCC(CCCCC)CC5)cc4)c4c3C(=O)c3ccccc3C4=O)cc2)CC1. The Kier molecular flexibility index (Phi) is 12.9. The van der Waals surface area contributed by atoms with Crippen LogP contribution in [-0.4, -0.2) is 23.5 Å². The predicted octanol–water partition coefficient (Wildman–Crippen LogP) is 12.6. The molecule has 0 bridgehead atoms. The van der Waals surface area contributed by atoms with Crippen molar-refractivity contribution in [2.24, 2.45) is 11.8 Å². The van der Waals surface area contributed by atoms with Crippen molar-refractivity contribution < 1.29 is 28.7 Å². The molecular weight excluding hydrogens is 697 g/mol. The fourth-order valence-corrected chi connectivity index (χ4v) is 9.37. The summed E-state index contributed by atoms with van der Waals surface area (Å²) in [7, 11) is 0. The van der Waals surface area contributed by atoms with Crippen molar-refractivity contribution >= 4 is 23.5 Å². The number of hydrogen-bond acceptors (Lipinski definition) is 6. The van der Waals surface area contributed by atoms with Gasteiger partial charge in [0, 0.05) is 11.1 Å². The van der Waals surface area contributed by atoms with Crippen LogP contribution in [0.25, 0.3) is 0 Å². The third-order valence-electron chi connectivity index (χ3n) is 12.8. The normalized spacial score (nSPS) is 20.5. The van der Waals surface area contributed by atoms with E-state index in [0.717, 1.165) is 37.5 Å². The minimum Gasteiger partial charge on any atom is -0.422 e. The van der Waals surface area contributed by atoms with Crippen molar-refractivity contribution in [1.82, 2.24) is 0 Å². The van der Waals surface area contributed by atoms with E-state index in [-0.39, 0.29) is 33.8 Å². The average molecular weight is 753 g/mol. The second-order valence-corrected chi connectivity index (χ2v) is 16.5. The summed E-state index contributed by atoms with van der Waals surface area (Å²) in [5.41, 5.74) is 3.41. The summed E-state index contributed by atoms with van der Waals surface area (Å²) in [5.74, 6) is 0.301. The molecule has 0 N–H and O–H groups in total. The summed E-state index contributed by atoms with van der Waals surface area (Å²) in [6, 6.07) is 24.6. The highest BCUT2D eigenvalue weighted by Crippen LogP contribution is 2.41. The molecule has 0 aromatic heterocycles. The Bertz CT molecular complexity index is 1860. The van der Waals surface area contributed by atoms with Gasteiger partial charge in [0.1, 0.15) is 11.5 Å². The van der Waals surface area contributed by atoms with E-state index in [1.807, 2.05) is 24.3 Å². The minimum absolute atomic E-state index is 0.0486. The Hall–Kier alpha value is -4.84. The molecule has 0 saturated heterocycles. The van der Waals surface area contributed by atoms with Crippen LogP contribution in [0.3, 0.4) is 0 Å². The lowest BCUT2D eigenvalue weighted by Crippen LogP contribution is -2.24. The molecule has 0 aliphatic heterocycles. The Morgan fingerprint density at radius 1 is 0.500 bits per heavy atom. The molecule has 0 spiro atoms. The molecule has 6 heteroatoms. The van der Waals surface area contributed by atoms with E-state index >= 15 is 0 Å². The van der Waals surface area contributed by atoms with Crippen LogP contribution in [0.2, 0.25) is 0 Å². The van der Waals surface area contributed by atoms with Gasteiger partial charge in [-0.15, -0.1) is 0 Å². The van der Waals surface area contributed by atoms with Crippen LogP contribution in [0.15, 0.2) is 84.9 Å². The summed E-state index contributed by atoms with van der Waals surface area (Å²) in [5, 5.41) is 0. The summed E-state index contributed by atoms with van der Waals surface area (Å²) in [6.45, 7) is 4.50. The maximum Gasteiger partial charge on any atom is 0.343 e. The van der Waals surface area contributed by atoms with Gasteiger partial charge in [-0.2, -0.15) is 0 Å². The maximum absolute atomic E-state index is 14.0. The Balaban J connectivity index is 1.05. The van der Waals surface area contributed by atoms with Crippen LogP contribution in [0.4, 0.5) is 0 Å². The smallest absolute Gasteiger partial charge is 0.343 e. The molecule has 0 heterocycles. The lowest BCUT2D eigenvalue weighted by atomic mass is 9.77. The molecule has 0 unspecified atom stereocenters.